The third kappa shape index (κ3) is 5.08. The van der Waals surface area contributed by atoms with Gasteiger partial charge in [0.25, 0.3) is 5.91 Å². The third-order valence-corrected chi connectivity index (χ3v) is 4.91. The summed E-state index contributed by atoms with van der Waals surface area (Å²) in [6, 6.07) is 11.5. The van der Waals surface area contributed by atoms with Crippen molar-refractivity contribution in [2.75, 3.05) is 12.8 Å². The van der Waals surface area contributed by atoms with Crippen LogP contribution >= 0.6 is 11.3 Å². The Balaban J connectivity index is 1.65. The molecule has 1 amide bonds. The number of amides is 1. The number of rotatable bonds is 7. The molecule has 29 heavy (non-hydrogen) atoms. The number of ether oxygens (including phenoxy) is 2. The van der Waals surface area contributed by atoms with Crippen LogP contribution in [0.15, 0.2) is 47.6 Å². The Bertz CT molecular complexity index is 1050. The first-order valence-corrected chi connectivity index (χ1v) is 9.40. The Morgan fingerprint density at radius 2 is 2.10 bits per heavy atom. The molecule has 0 unspecified atom stereocenters. The largest absolute Gasteiger partial charge is 0.493 e. The smallest absolute Gasteiger partial charge is 0.283 e. The van der Waals surface area contributed by atoms with Crippen molar-refractivity contribution >= 4 is 28.6 Å². The molecule has 1 heterocycles. The van der Waals surface area contributed by atoms with Gasteiger partial charge in [-0.05, 0) is 36.8 Å². The van der Waals surface area contributed by atoms with Crippen LogP contribution in [-0.4, -0.2) is 24.2 Å². The highest BCUT2D eigenvalue weighted by atomic mass is 32.1. The fourth-order valence-electron chi connectivity index (χ4n) is 2.50. The zero-order valence-corrected chi connectivity index (χ0v) is 16.6. The van der Waals surface area contributed by atoms with Gasteiger partial charge in [-0.3, -0.25) is 4.79 Å². The van der Waals surface area contributed by atoms with E-state index in [2.05, 4.69) is 15.5 Å². The summed E-state index contributed by atoms with van der Waals surface area (Å²) in [5.74, 6) is 0.212. The molecule has 0 radical (unpaired) electrons. The van der Waals surface area contributed by atoms with E-state index >= 15 is 0 Å². The van der Waals surface area contributed by atoms with Crippen molar-refractivity contribution in [1.82, 2.24) is 10.4 Å². The molecule has 150 valence electrons. The SMILES string of the molecule is COc1cc(C=NNC(=O)c2sc(N)nc2C)ccc1OCc1ccccc1F. The summed E-state index contributed by atoms with van der Waals surface area (Å²) >= 11 is 1.10. The first-order chi connectivity index (χ1) is 14.0. The molecule has 0 aliphatic heterocycles. The maximum absolute atomic E-state index is 13.7. The summed E-state index contributed by atoms with van der Waals surface area (Å²) in [5, 5.41) is 4.27. The van der Waals surface area contributed by atoms with Crippen molar-refractivity contribution < 1.29 is 18.7 Å². The lowest BCUT2D eigenvalue weighted by atomic mass is 10.2. The topological polar surface area (TPSA) is 98.8 Å². The second kappa shape index (κ2) is 9.16. The quantitative estimate of drug-likeness (QED) is 0.455. The molecule has 1 aromatic heterocycles. The van der Waals surface area contributed by atoms with Gasteiger partial charge in [0, 0.05) is 5.56 Å². The first-order valence-electron chi connectivity index (χ1n) is 8.58. The van der Waals surface area contributed by atoms with Gasteiger partial charge >= 0.3 is 0 Å². The molecule has 9 heteroatoms. The Labute approximate surface area is 171 Å². The minimum Gasteiger partial charge on any atom is -0.493 e. The van der Waals surface area contributed by atoms with E-state index in [4.69, 9.17) is 15.2 Å². The number of aryl methyl sites for hydroxylation is 1. The lowest BCUT2D eigenvalue weighted by Gasteiger charge is -2.11. The summed E-state index contributed by atoms with van der Waals surface area (Å²) in [5.41, 5.74) is 9.72. The predicted molar refractivity (Wildman–Crippen MR) is 110 cm³/mol. The van der Waals surface area contributed by atoms with Crippen LogP contribution in [0, 0.1) is 12.7 Å². The van der Waals surface area contributed by atoms with Crippen LogP contribution in [0.25, 0.3) is 0 Å². The molecular formula is C20H19FN4O3S. The number of carbonyl (C=O) groups excluding carboxylic acids is 1. The van der Waals surface area contributed by atoms with Crippen LogP contribution < -0.4 is 20.6 Å². The van der Waals surface area contributed by atoms with Crippen molar-refractivity contribution in [3.8, 4) is 11.5 Å². The molecule has 0 atom stereocenters. The van der Waals surface area contributed by atoms with Crippen molar-refractivity contribution in [3.63, 3.8) is 0 Å². The number of benzene rings is 2. The number of hydrogen-bond donors (Lipinski definition) is 2. The second-order valence-electron chi connectivity index (χ2n) is 5.96. The number of methoxy groups -OCH3 is 1. The van der Waals surface area contributed by atoms with Crippen molar-refractivity contribution in [2.24, 2.45) is 5.10 Å². The summed E-state index contributed by atoms with van der Waals surface area (Å²) in [6.45, 7) is 1.78. The Morgan fingerprint density at radius 3 is 2.79 bits per heavy atom. The van der Waals surface area contributed by atoms with E-state index in [0.29, 0.717) is 38.3 Å². The molecule has 0 saturated heterocycles. The number of nitrogen functional groups attached to an aromatic ring is 1. The van der Waals surface area contributed by atoms with E-state index in [1.54, 1.807) is 43.3 Å². The highest BCUT2D eigenvalue weighted by Crippen LogP contribution is 2.28. The summed E-state index contributed by atoms with van der Waals surface area (Å²) in [4.78, 5) is 16.5. The fourth-order valence-corrected chi connectivity index (χ4v) is 3.22. The standard InChI is InChI=1S/C20H19FN4O3S/c1-12-18(29-20(22)24-12)19(26)25-23-10-13-7-8-16(17(9-13)27-2)28-11-14-5-3-4-6-15(14)21/h3-10H,11H2,1-2H3,(H2,22,24)(H,25,26). The number of halogens is 1. The number of carbonyl (C=O) groups is 1. The summed E-state index contributed by atoms with van der Waals surface area (Å²) < 4.78 is 24.7. The number of hydrazone groups is 1. The van der Waals surface area contributed by atoms with Crippen molar-refractivity contribution in [2.45, 2.75) is 13.5 Å². The molecule has 3 aromatic rings. The van der Waals surface area contributed by atoms with E-state index in [9.17, 15) is 9.18 Å². The normalized spacial score (nSPS) is 10.9. The molecule has 0 spiro atoms. The second-order valence-corrected chi connectivity index (χ2v) is 6.99. The van der Waals surface area contributed by atoms with Gasteiger partial charge in [0.05, 0.1) is 19.0 Å². The van der Waals surface area contributed by atoms with Gasteiger partial charge in [0.1, 0.15) is 17.3 Å². The van der Waals surface area contributed by atoms with E-state index < -0.39 is 0 Å². The van der Waals surface area contributed by atoms with Crippen molar-refractivity contribution in [1.29, 1.82) is 0 Å². The molecule has 2 aromatic carbocycles. The molecule has 0 aliphatic carbocycles. The number of nitrogens with two attached hydrogens (primary N) is 1. The number of nitrogens with zero attached hydrogens (tertiary/aromatic N) is 2. The lowest BCUT2D eigenvalue weighted by Crippen LogP contribution is -2.17. The minimum absolute atomic E-state index is 0.0733. The van der Waals surface area contributed by atoms with Crippen LogP contribution in [-0.2, 0) is 6.61 Å². The predicted octanol–water partition coefficient (Wildman–Crippen LogP) is 3.52. The van der Waals surface area contributed by atoms with Crippen LogP contribution in [0.3, 0.4) is 0 Å². The minimum atomic E-state index is -0.384. The zero-order valence-electron chi connectivity index (χ0n) is 15.8. The molecule has 3 N–H and O–H groups in total. The Hall–Kier alpha value is -3.46. The fraction of sp³-hybridized carbons (Fsp3) is 0.150. The monoisotopic (exact) mass is 414 g/mol. The number of thiazole rings is 1. The highest BCUT2D eigenvalue weighted by molar-refractivity contribution is 7.17. The van der Waals surface area contributed by atoms with Crippen LogP contribution in [0.2, 0.25) is 0 Å². The van der Waals surface area contributed by atoms with E-state index in [-0.39, 0.29) is 18.3 Å². The molecular weight excluding hydrogens is 395 g/mol. The Morgan fingerprint density at radius 1 is 1.31 bits per heavy atom. The van der Waals surface area contributed by atoms with Gasteiger partial charge in [-0.2, -0.15) is 5.10 Å². The van der Waals surface area contributed by atoms with Crippen LogP contribution in [0.4, 0.5) is 9.52 Å². The number of anilines is 1. The van der Waals surface area contributed by atoms with Gasteiger partial charge in [0.15, 0.2) is 16.6 Å². The molecule has 0 aliphatic rings. The first kappa shape index (κ1) is 20.3. The average molecular weight is 414 g/mol. The van der Waals surface area contributed by atoms with E-state index in [1.807, 2.05) is 0 Å². The average Bonchev–Trinajstić information content (AvgIpc) is 3.06. The number of aromatic nitrogens is 1. The lowest BCUT2D eigenvalue weighted by molar-refractivity contribution is 0.0958. The summed E-state index contributed by atoms with van der Waals surface area (Å²) in [7, 11) is 1.50. The molecule has 7 nitrogen and oxygen atoms in total. The zero-order chi connectivity index (χ0) is 20.8. The van der Waals surface area contributed by atoms with Crippen LogP contribution in [0.1, 0.15) is 26.5 Å². The molecule has 0 saturated carbocycles. The number of nitrogens with one attached hydrogen (secondary N) is 1. The summed E-state index contributed by atoms with van der Waals surface area (Å²) in [6.07, 6.45) is 1.47. The van der Waals surface area contributed by atoms with Gasteiger partial charge in [-0.1, -0.05) is 29.5 Å². The molecule has 0 fully saturated rings. The molecule has 0 bridgehead atoms. The maximum Gasteiger partial charge on any atom is 0.283 e. The van der Waals surface area contributed by atoms with Gasteiger partial charge in [-0.15, -0.1) is 0 Å². The van der Waals surface area contributed by atoms with Gasteiger partial charge in [0.2, 0.25) is 0 Å². The van der Waals surface area contributed by atoms with Crippen molar-refractivity contribution in [3.05, 3.63) is 70.0 Å². The highest BCUT2D eigenvalue weighted by Gasteiger charge is 2.13. The number of hydrogen-bond acceptors (Lipinski definition) is 7. The Kier molecular flexibility index (Phi) is 6.40. The van der Waals surface area contributed by atoms with E-state index in [0.717, 1.165) is 11.3 Å². The molecule has 3 rings (SSSR count). The van der Waals surface area contributed by atoms with Crippen LogP contribution in [0.5, 0.6) is 11.5 Å². The third-order valence-electron chi connectivity index (χ3n) is 3.93. The van der Waals surface area contributed by atoms with E-state index in [1.165, 1.54) is 19.4 Å². The van der Waals surface area contributed by atoms with Gasteiger partial charge in [-0.25, -0.2) is 14.8 Å². The maximum atomic E-state index is 13.7. The van der Waals surface area contributed by atoms with Gasteiger partial charge < -0.3 is 15.2 Å².